The summed E-state index contributed by atoms with van der Waals surface area (Å²) in [4.78, 5) is 23.9. The molecule has 0 aliphatic heterocycles. The third-order valence-electron chi connectivity index (χ3n) is 1.98. The van der Waals surface area contributed by atoms with Crippen LogP contribution in [-0.4, -0.2) is 21.6 Å². The smallest absolute Gasteiger partial charge is 0.440 e. The first-order valence-electron chi connectivity index (χ1n) is 5.62. The minimum absolute atomic E-state index is 0.274. The molecule has 0 saturated carbocycles. The second-order valence-corrected chi connectivity index (χ2v) is 4.97. The molecule has 10 heteroatoms. The van der Waals surface area contributed by atoms with Crippen LogP contribution in [0.4, 0.5) is 29.3 Å². The minimum Gasteiger partial charge on any atom is -0.444 e. The summed E-state index contributed by atoms with van der Waals surface area (Å²) in [5.74, 6) is 0. The lowest BCUT2D eigenvalue weighted by Gasteiger charge is -2.19. The summed E-state index contributed by atoms with van der Waals surface area (Å²) in [6.07, 6.45) is -5.26. The molecule has 0 saturated heterocycles. The van der Waals surface area contributed by atoms with Gasteiger partial charge in [0.25, 0.3) is 0 Å². The number of anilines is 1. The van der Waals surface area contributed by atoms with Gasteiger partial charge in [-0.2, -0.15) is 13.2 Å². The third-order valence-corrected chi connectivity index (χ3v) is 1.98. The SMILES string of the molecule is CC(C)(C)OC(=O)Nc1cnc(C(F)(F)F)c([N+](=O)[O-])c1. The number of nitro groups is 1. The summed E-state index contributed by atoms with van der Waals surface area (Å²) < 4.78 is 42.5. The Labute approximate surface area is 117 Å². The molecule has 0 spiro atoms. The molecule has 1 aromatic rings. The zero-order valence-corrected chi connectivity index (χ0v) is 11.3. The van der Waals surface area contributed by atoms with Crippen molar-refractivity contribution in [1.29, 1.82) is 0 Å². The topological polar surface area (TPSA) is 94.4 Å². The Kier molecular flexibility index (Phi) is 4.40. The number of aromatic nitrogens is 1. The molecule has 0 atom stereocenters. The normalized spacial score (nSPS) is 11.9. The maximum absolute atomic E-state index is 12.5. The van der Waals surface area contributed by atoms with E-state index in [0.717, 1.165) is 0 Å². The number of hydrogen-bond donors (Lipinski definition) is 1. The van der Waals surface area contributed by atoms with Gasteiger partial charge in [-0.05, 0) is 20.8 Å². The van der Waals surface area contributed by atoms with Crippen molar-refractivity contribution in [2.75, 3.05) is 5.32 Å². The Morgan fingerprint density at radius 3 is 2.38 bits per heavy atom. The lowest BCUT2D eigenvalue weighted by Crippen LogP contribution is -2.27. The van der Waals surface area contributed by atoms with Crippen molar-refractivity contribution in [3.8, 4) is 0 Å². The molecule has 0 fully saturated rings. The predicted molar refractivity (Wildman–Crippen MR) is 65.8 cm³/mol. The van der Waals surface area contributed by atoms with Crippen LogP contribution in [0.2, 0.25) is 0 Å². The van der Waals surface area contributed by atoms with Gasteiger partial charge in [-0.1, -0.05) is 0 Å². The lowest BCUT2D eigenvalue weighted by molar-refractivity contribution is -0.388. The summed E-state index contributed by atoms with van der Waals surface area (Å²) in [5.41, 5.74) is -3.99. The van der Waals surface area contributed by atoms with Crippen molar-refractivity contribution >= 4 is 17.5 Å². The highest BCUT2D eigenvalue weighted by molar-refractivity contribution is 5.85. The molecular formula is C11H12F3N3O4. The van der Waals surface area contributed by atoms with Gasteiger partial charge in [0.2, 0.25) is 5.69 Å². The zero-order valence-electron chi connectivity index (χ0n) is 11.3. The molecule has 1 N–H and O–H groups in total. The standard InChI is InChI=1S/C11H12F3N3O4/c1-10(2,3)21-9(18)16-6-4-7(17(19)20)8(15-5-6)11(12,13)14/h4-5H,1-3H3,(H,16,18). The van der Waals surface area contributed by atoms with Gasteiger partial charge in [-0.15, -0.1) is 0 Å². The second-order valence-electron chi connectivity index (χ2n) is 4.97. The van der Waals surface area contributed by atoms with Gasteiger partial charge in [0.1, 0.15) is 5.60 Å². The number of carbonyl (C=O) groups excluding carboxylic acids is 1. The summed E-state index contributed by atoms with van der Waals surface area (Å²) in [6, 6.07) is 0.569. The quantitative estimate of drug-likeness (QED) is 0.668. The van der Waals surface area contributed by atoms with Crippen molar-refractivity contribution in [2.45, 2.75) is 32.5 Å². The number of ether oxygens (including phenoxy) is 1. The summed E-state index contributed by atoms with van der Waals surface area (Å²) in [7, 11) is 0. The first-order chi connectivity index (χ1) is 9.40. The summed E-state index contributed by atoms with van der Waals surface area (Å²) in [6.45, 7) is 4.75. The average molecular weight is 307 g/mol. The van der Waals surface area contributed by atoms with Crippen molar-refractivity contribution in [3.05, 3.63) is 28.1 Å². The van der Waals surface area contributed by atoms with Crippen LogP contribution in [0.1, 0.15) is 26.5 Å². The highest BCUT2D eigenvalue weighted by Crippen LogP contribution is 2.35. The van der Waals surface area contributed by atoms with Crippen LogP contribution in [0.3, 0.4) is 0 Å². The summed E-state index contributed by atoms with van der Waals surface area (Å²) in [5, 5.41) is 12.7. The Bertz CT molecular complexity index is 567. The first kappa shape index (κ1) is 16.7. The molecule has 1 heterocycles. The molecule has 0 radical (unpaired) electrons. The van der Waals surface area contributed by atoms with Gasteiger partial charge in [-0.3, -0.25) is 15.4 Å². The van der Waals surface area contributed by atoms with E-state index in [4.69, 9.17) is 4.74 Å². The van der Waals surface area contributed by atoms with Crippen LogP contribution in [-0.2, 0) is 10.9 Å². The maximum Gasteiger partial charge on any atom is 0.440 e. The highest BCUT2D eigenvalue weighted by atomic mass is 19.4. The van der Waals surface area contributed by atoms with E-state index in [9.17, 15) is 28.1 Å². The third kappa shape index (κ3) is 4.89. The maximum atomic E-state index is 12.5. The lowest BCUT2D eigenvalue weighted by atomic mass is 10.2. The summed E-state index contributed by atoms with van der Waals surface area (Å²) >= 11 is 0. The van der Waals surface area contributed by atoms with E-state index in [0.29, 0.717) is 12.3 Å². The Balaban J connectivity index is 3.05. The van der Waals surface area contributed by atoms with E-state index in [1.54, 1.807) is 20.8 Å². The molecule has 0 aliphatic carbocycles. The van der Waals surface area contributed by atoms with Crippen LogP contribution in [0, 0.1) is 10.1 Å². The van der Waals surface area contributed by atoms with Crippen LogP contribution in [0.25, 0.3) is 0 Å². The highest BCUT2D eigenvalue weighted by Gasteiger charge is 2.40. The fraction of sp³-hybridized carbons (Fsp3) is 0.455. The van der Waals surface area contributed by atoms with E-state index in [1.807, 2.05) is 0 Å². The number of nitrogens with zero attached hydrogens (tertiary/aromatic N) is 2. The number of amides is 1. The van der Waals surface area contributed by atoms with Crippen LogP contribution >= 0.6 is 0 Å². The van der Waals surface area contributed by atoms with E-state index >= 15 is 0 Å². The van der Waals surface area contributed by atoms with Crippen molar-refractivity contribution in [2.24, 2.45) is 0 Å². The van der Waals surface area contributed by atoms with Crippen molar-refractivity contribution < 1.29 is 27.6 Å². The van der Waals surface area contributed by atoms with Gasteiger partial charge in [0, 0.05) is 6.07 Å². The van der Waals surface area contributed by atoms with Crippen LogP contribution < -0.4 is 5.32 Å². The van der Waals surface area contributed by atoms with Gasteiger partial charge in [-0.25, -0.2) is 9.78 Å². The molecular weight excluding hydrogens is 295 g/mol. The van der Waals surface area contributed by atoms with Gasteiger partial charge >= 0.3 is 18.0 Å². The molecule has 116 valence electrons. The molecule has 21 heavy (non-hydrogen) atoms. The Morgan fingerprint density at radius 2 is 1.95 bits per heavy atom. The van der Waals surface area contributed by atoms with Crippen molar-refractivity contribution in [1.82, 2.24) is 4.98 Å². The molecule has 1 aromatic heterocycles. The largest absolute Gasteiger partial charge is 0.444 e. The van der Waals surface area contributed by atoms with Gasteiger partial charge in [0.05, 0.1) is 16.8 Å². The number of hydrogen-bond acceptors (Lipinski definition) is 5. The Morgan fingerprint density at radius 1 is 1.38 bits per heavy atom. The second kappa shape index (κ2) is 5.54. The number of halogens is 3. The number of nitrogens with one attached hydrogen (secondary N) is 1. The number of carbonyl (C=O) groups is 1. The minimum atomic E-state index is -4.97. The molecule has 0 unspecified atom stereocenters. The fourth-order valence-electron chi connectivity index (χ4n) is 1.30. The zero-order chi connectivity index (χ0) is 16.4. The van der Waals surface area contributed by atoms with E-state index in [2.05, 4.69) is 10.3 Å². The number of rotatable bonds is 2. The van der Waals surface area contributed by atoms with Gasteiger partial charge in [0.15, 0.2) is 0 Å². The van der Waals surface area contributed by atoms with Crippen LogP contribution in [0.15, 0.2) is 12.3 Å². The molecule has 0 aromatic carbocycles. The molecule has 7 nitrogen and oxygen atoms in total. The molecule has 0 aliphatic rings. The number of alkyl halides is 3. The fourth-order valence-corrected chi connectivity index (χ4v) is 1.30. The van der Waals surface area contributed by atoms with E-state index < -0.39 is 34.2 Å². The monoisotopic (exact) mass is 307 g/mol. The molecule has 1 rings (SSSR count). The average Bonchev–Trinajstić information content (AvgIpc) is 2.24. The van der Waals surface area contributed by atoms with E-state index in [1.165, 1.54) is 0 Å². The predicted octanol–water partition coefficient (Wildman–Crippen LogP) is 3.36. The molecule has 1 amide bonds. The van der Waals surface area contributed by atoms with Crippen LogP contribution in [0.5, 0.6) is 0 Å². The van der Waals surface area contributed by atoms with Gasteiger partial charge < -0.3 is 4.74 Å². The number of pyridine rings is 1. The van der Waals surface area contributed by atoms with E-state index in [-0.39, 0.29) is 5.69 Å². The Hall–Kier alpha value is -2.39. The van der Waals surface area contributed by atoms with Crippen molar-refractivity contribution in [3.63, 3.8) is 0 Å². The molecule has 0 bridgehead atoms. The first-order valence-corrected chi connectivity index (χ1v) is 5.62.